The molecule has 0 amide bonds. The van der Waals surface area contributed by atoms with Crippen LogP contribution in [0.25, 0.3) is 0 Å². The highest BCUT2D eigenvalue weighted by atomic mass is 32.5. The SMILES string of the molecule is Cc1c(CCN2CCC(COc3ccc(S(C)(=O)=O)cc3)C2)cccc1S(F)(F)(F)(F)F. The second-order valence-electron chi connectivity index (χ2n) is 8.27. The summed E-state index contributed by atoms with van der Waals surface area (Å²) in [6.45, 7) is 3.40. The molecule has 180 valence electrons. The minimum absolute atomic E-state index is 0.210. The molecule has 0 radical (unpaired) electrons. The van der Waals surface area contributed by atoms with Gasteiger partial charge in [0.15, 0.2) is 9.84 Å². The van der Waals surface area contributed by atoms with Crippen molar-refractivity contribution in [2.24, 2.45) is 5.92 Å². The molecule has 0 bridgehead atoms. The summed E-state index contributed by atoms with van der Waals surface area (Å²) >= 11 is 0. The van der Waals surface area contributed by atoms with Crippen LogP contribution in [0, 0.1) is 12.8 Å². The van der Waals surface area contributed by atoms with E-state index in [0.29, 0.717) is 31.5 Å². The molecule has 11 heteroatoms. The molecule has 1 aliphatic heterocycles. The molecule has 1 aliphatic rings. The number of benzene rings is 2. The Balaban J connectivity index is 1.53. The van der Waals surface area contributed by atoms with Crippen LogP contribution in [0.2, 0.25) is 0 Å². The lowest BCUT2D eigenvalue weighted by atomic mass is 10.1. The Morgan fingerprint density at radius 2 is 1.72 bits per heavy atom. The summed E-state index contributed by atoms with van der Waals surface area (Å²) in [5.41, 5.74) is -0.148. The highest BCUT2D eigenvalue weighted by Crippen LogP contribution is 3.02. The first-order chi connectivity index (χ1) is 14.5. The van der Waals surface area contributed by atoms with Gasteiger partial charge in [-0.2, -0.15) is 0 Å². The number of sulfone groups is 1. The Morgan fingerprint density at radius 3 is 2.31 bits per heavy atom. The van der Waals surface area contributed by atoms with Crippen molar-refractivity contribution in [3.05, 3.63) is 53.6 Å². The standard InChI is InChI=1S/C21H26F5NO3S2/c1-16-18(4-3-5-21(16)32(22,23,24,25)26)11-13-27-12-10-17(14-27)15-30-19-6-8-20(9-7-19)31(2,28)29/h3-9,17H,10-15H2,1-2H3. The molecule has 1 heterocycles. The first-order valence-electron chi connectivity index (χ1n) is 10.0. The second kappa shape index (κ2) is 7.88. The third-order valence-corrected chi connectivity index (χ3v) is 8.02. The third-order valence-electron chi connectivity index (χ3n) is 5.62. The van der Waals surface area contributed by atoms with Crippen molar-refractivity contribution in [1.29, 1.82) is 0 Å². The lowest BCUT2D eigenvalue weighted by molar-refractivity contribution is 0.241. The van der Waals surface area contributed by atoms with E-state index in [2.05, 4.69) is 4.90 Å². The Hall–Kier alpha value is -1.85. The monoisotopic (exact) mass is 499 g/mol. The van der Waals surface area contributed by atoms with E-state index in [-0.39, 0.29) is 22.8 Å². The number of hydrogen-bond acceptors (Lipinski definition) is 4. The van der Waals surface area contributed by atoms with Gasteiger partial charge >= 0.3 is 10.2 Å². The molecule has 32 heavy (non-hydrogen) atoms. The average molecular weight is 500 g/mol. The molecule has 0 saturated carbocycles. The third kappa shape index (κ3) is 6.35. The number of nitrogens with zero attached hydrogens (tertiary/aromatic N) is 1. The van der Waals surface area contributed by atoms with Crippen LogP contribution in [0.5, 0.6) is 5.75 Å². The van der Waals surface area contributed by atoms with Crippen LogP contribution in [-0.2, 0) is 16.3 Å². The van der Waals surface area contributed by atoms with Gasteiger partial charge < -0.3 is 9.64 Å². The van der Waals surface area contributed by atoms with Crippen LogP contribution < -0.4 is 4.74 Å². The minimum Gasteiger partial charge on any atom is -0.493 e. The fourth-order valence-electron chi connectivity index (χ4n) is 3.88. The summed E-state index contributed by atoms with van der Waals surface area (Å²) in [6.07, 6.45) is 2.21. The molecule has 0 aliphatic carbocycles. The normalized spacial score (nSPS) is 20.0. The van der Waals surface area contributed by atoms with E-state index in [0.717, 1.165) is 32.2 Å². The van der Waals surface area contributed by atoms with Crippen molar-refractivity contribution >= 4 is 20.1 Å². The molecule has 2 aromatic rings. The largest absolute Gasteiger partial charge is 0.493 e. The first kappa shape index (κ1) is 24.8. The molecular weight excluding hydrogens is 473 g/mol. The van der Waals surface area contributed by atoms with Crippen LogP contribution in [-0.4, -0.2) is 45.8 Å². The van der Waals surface area contributed by atoms with Crippen LogP contribution >= 0.6 is 10.2 Å². The van der Waals surface area contributed by atoms with Gasteiger partial charge in [-0.05, 0) is 67.8 Å². The molecule has 1 saturated heterocycles. The van der Waals surface area contributed by atoms with Gasteiger partial charge in [0.2, 0.25) is 0 Å². The van der Waals surface area contributed by atoms with Crippen LogP contribution in [0.4, 0.5) is 19.4 Å². The van der Waals surface area contributed by atoms with Crippen LogP contribution in [0.3, 0.4) is 0 Å². The number of likely N-dealkylation sites (tertiary alicyclic amines) is 1. The predicted octanol–water partition coefficient (Wildman–Crippen LogP) is 6.00. The summed E-state index contributed by atoms with van der Waals surface area (Å²) in [5, 5.41) is 0. The molecule has 0 aromatic heterocycles. The van der Waals surface area contributed by atoms with Gasteiger partial charge in [-0.15, -0.1) is 0 Å². The van der Waals surface area contributed by atoms with Gasteiger partial charge in [0.05, 0.1) is 11.5 Å². The molecule has 0 N–H and O–H groups in total. The van der Waals surface area contributed by atoms with Crippen molar-refractivity contribution in [3.8, 4) is 5.75 Å². The highest BCUT2D eigenvalue weighted by molar-refractivity contribution is 8.45. The topological polar surface area (TPSA) is 46.6 Å². The summed E-state index contributed by atoms with van der Waals surface area (Å²) in [6, 6.07) is 9.09. The van der Waals surface area contributed by atoms with Crippen LogP contribution in [0.15, 0.2) is 52.3 Å². The maximum atomic E-state index is 13.2. The minimum atomic E-state index is -9.72. The maximum absolute atomic E-state index is 13.2. The van der Waals surface area contributed by atoms with E-state index in [1.54, 1.807) is 12.1 Å². The van der Waals surface area contributed by atoms with Gasteiger partial charge in [-0.1, -0.05) is 31.6 Å². The Morgan fingerprint density at radius 1 is 1.06 bits per heavy atom. The fourth-order valence-corrected chi connectivity index (χ4v) is 5.55. The van der Waals surface area contributed by atoms with Crippen molar-refractivity contribution in [3.63, 3.8) is 0 Å². The van der Waals surface area contributed by atoms with Crippen molar-refractivity contribution in [2.45, 2.75) is 29.6 Å². The predicted molar refractivity (Wildman–Crippen MR) is 116 cm³/mol. The van der Waals surface area contributed by atoms with E-state index in [9.17, 15) is 27.8 Å². The van der Waals surface area contributed by atoms with E-state index in [1.807, 2.05) is 0 Å². The Labute approximate surface area is 185 Å². The van der Waals surface area contributed by atoms with Gasteiger partial charge in [-0.25, -0.2) is 8.42 Å². The van der Waals surface area contributed by atoms with Gasteiger partial charge in [0.25, 0.3) is 0 Å². The van der Waals surface area contributed by atoms with Gasteiger partial charge in [-0.3, -0.25) is 0 Å². The summed E-state index contributed by atoms with van der Waals surface area (Å²) in [5.74, 6) is 0.765. The number of ether oxygens (including phenoxy) is 1. The average Bonchev–Trinajstić information content (AvgIpc) is 3.11. The lowest BCUT2D eigenvalue weighted by Crippen LogP contribution is -2.25. The van der Waals surface area contributed by atoms with E-state index >= 15 is 0 Å². The zero-order chi connectivity index (χ0) is 23.8. The Bertz CT molecular complexity index is 1090. The molecule has 1 unspecified atom stereocenters. The lowest BCUT2D eigenvalue weighted by Gasteiger charge is -2.41. The quantitative estimate of drug-likeness (QED) is 0.418. The smallest absolute Gasteiger partial charge is 0.310 e. The second-order valence-corrected chi connectivity index (χ2v) is 12.7. The highest BCUT2D eigenvalue weighted by Gasteiger charge is 2.66. The van der Waals surface area contributed by atoms with Crippen molar-refractivity contribution in [1.82, 2.24) is 4.90 Å². The molecule has 2 aromatic carbocycles. The van der Waals surface area contributed by atoms with Gasteiger partial charge in [0, 0.05) is 25.3 Å². The summed E-state index contributed by atoms with van der Waals surface area (Å²) in [7, 11) is -13.0. The van der Waals surface area contributed by atoms with E-state index in [1.165, 1.54) is 18.2 Å². The van der Waals surface area contributed by atoms with Crippen LogP contribution in [0.1, 0.15) is 17.5 Å². The van der Waals surface area contributed by atoms with Gasteiger partial charge in [0.1, 0.15) is 10.6 Å². The number of hydrogen-bond donors (Lipinski definition) is 0. The maximum Gasteiger partial charge on any atom is 0.310 e. The summed E-state index contributed by atoms with van der Waals surface area (Å²) < 4.78 is 94.9. The van der Waals surface area contributed by atoms with Crippen molar-refractivity contribution < 1.29 is 32.6 Å². The van der Waals surface area contributed by atoms with E-state index in [4.69, 9.17) is 4.74 Å². The number of halogens is 5. The fraction of sp³-hybridized carbons (Fsp3) is 0.429. The molecule has 1 atom stereocenters. The molecule has 3 rings (SSSR count). The van der Waals surface area contributed by atoms with E-state index < -0.39 is 30.5 Å². The zero-order valence-corrected chi connectivity index (χ0v) is 19.4. The number of rotatable bonds is 8. The van der Waals surface area contributed by atoms with Crippen molar-refractivity contribution in [2.75, 3.05) is 32.5 Å². The zero-order valence-electron chi connectivity index (χ0n) is 17.7. The molecule has 1 fully saturated rings. The Kier molecular flexibility index (Phi) is 6.10. The first-order valence-corrected chi connectivity index (χ1v) is 13.8. The molecular formula is C21H26F5NO3S2. The summed E-state index contributed by atoms with van der Waals surface area (Å²) in [4.78, 5) is 0.477. The molecule has 0 spiro atoms. The molecule has 4 nitrogen and oxygen atoms in total.